The van der Waals surface area contributed by atoms with Crippen LogP contribution in [-0.4, -0.2) is 84.9 Å². The average Bonchev–Trinajstić information content (AvgIpc) is 3.39. The second-order valence-corrected chi connectivity index (χ2v) is 8.35. The number of halogens is 3. The van der Waals surface area contributed by atoms with Gasteiger partial charge in [-0.2, -0.15) is 13.2 Å². The molecule has 3 saturated heterocycles. The van der Waals surface area contributed by atoms with Crippen LogP contribution in [0.3, 0.4) is 0 Å². The zero-order valence-electron chi connectivity index (χ0n) is 15.1. The lowest BCUT2D eigenvalue weighted by Crippen LogP contribution is -2.76. The predicted molar refractivity (Wildman–Crippen MR) is 89.0 cm³/mol. The molecular weight excluding hydrogens is 365 g/mol. The first-order valence-electron chi connectivity index (χ1n) is 9.46. The summed E-state index contributed by atoms with van der Waals surface area (Å²) in [6.45, 7) is 2.80. The van der Waals surface area contributed by atoms with E-state index in [-0.39, 0.29) is 37.3 Å². The standard InChI is InChI=1S/C17H25F3N4O3/c18-17(19,20)16(3-4-16)21-7-12-1-5-23(6-2-12)14(26)24-9-15(10-24)11-27-8-13(25)22-15/h12,21H,1-11H2,(H,22,25). The maximum absolute atomic E-state index is 13.0. The van der Waals surface area contributed by atoms with Crippen LogP contribution in [0.4, 0.5) is 18.0 Å². The van der Waals surface area contributed by atoms with Crippen LogP contribution in [0.5, 0.6) is 0 Å². The number of piperidine rings is 1. The number of rotatable bonds is 3. The number of alkyl halides is 3. The molecule has 0 radical (unpaired) electrons. The number of hydrogen-bond donors (Lipinski definition) is 2. The summed E-state index contributed by atoms with van der Waals surface area (Å²) < 4.78 is 44.2. The molecular formula is C17H25F3N4O3. The summed E-state index contributed by atoms with van der Waals surface area (Å²) in [7, 11) is 0. The molecule has 1 aliphatic carbocycles. The third kappa shape index (κ3) is 3.61. The predicted octanol–water partition coefficient (Wildman–Crippen LogP) is 0.704. The first-order valence-corrected chi connectivity index (χ1v) is 9.46. The Balaban J connectivity index is 1.20. The second-order valence-electron chi connectivity index (χ2n) is 8.35. The average molecular weight is 390 g/mol. The van der Waals surface area contributed by atoms with E-state index in [1.54, 1.807) is 9.80 Å². The normalized spacial score (nSPS) is 27.3. The van der Waals surface area contributed by atoms with E-state index in [0.29, 0.717) is 52.2 Å². The van der Waals surface area contributed by atoms with Gasteiger partial charge in [0, 0.05) is 26.2 Å². The highest BCUT2D eigenvalue weighted by molar-refractivity contribution is 5.81. The molecule has 27 heavy (non-hydrogen) atoms. The Morgan fingerprint density at radius 3 is 2.44 bits per heavy atom. The number of morpholine rings is 1. The largest absolute Gasteiger partial charge is 0.406 e. The molecule has 1 spiro atoms. The van der Waals surface area contributed by atoms with Crippen LogP contribution in [0.2, 0.25) is 0 Å². The lowest BCUT2D eigenvalue weighted by atomic mass is 9.89. The molecule has 0 aromatic heterocycles. The highest BCUT2D eigenvalue weighted by Gasteiger charge is 2.63. The van der Waals surface area contributed by atoms with E-state index in [2.05, 4.69) is 10.6 Å². The van der Waals surface area contributed by atoms with Gasteiger partial charge in [0.05, 0.1) is 12.1 Å². The van der Waals surface area contributed by atoms with Gasteiger partial charge in [-0.1, -0.05) is 0 Å². The van der Waals surface area contributed by atoms with Gasteiger partial charge in [-0.25, -0.2) is 4.79 Å². The fraction of sp³-hybridized carbons (Fsp3) is 0.882. The van der Waals surface area contributed by atoms with Crippen molar-refractivity contribution in [2.75, 3.05) is 45.9 Å². The quantitative estimate of drug-likeness (QED) is 0.744. The van der Waals surface area contributed by atoms with E-state index in [0.717, 1.165) is 0 Å². The molecule has 4 aliphatic rings. The number of nitrogens with zero attached hydrogens (tertiary/aromatic N) is 2. The molecule has 3 aliphatic heterocycles. The van der Waals surface area contributed by atoms with Crippen molar-refractivity contribution in [1.29, 1.82) is 0 Å². The Morgan fingerprint density at radius 1 is 1.22 bits per heavy atom. The number of likely N-dealkylation sites (tertiary alicyclic amines) is 2. The van der Waals surface area contributed by atoms with Crippen LogP contribution in [-0.2, 0) is 9.53 Å². The first kappa shape index (κ1) is 18.8. The fourth-order valence-electron chi connectivity index (χ4n) is 4.25. The maximum Gasteiger partial charge on any atom is 0.406 e. The lowest BCUT2D eigenvalue weighted by Gasteiger charge is -2.52. The molecule has 0 aromatic rings. The van der Waals surface area contributed by atoms with Crippen molar-refractivity contribution < 1.29 is 27.5 Å². The third-order valence-electron chi connectivity index (χ3n) is 6.18. The molecule has 152 valence electrons. The Bertz CT molecular complexity index is 609. The van der Waals surface area contributed by atoms with E-state index in [4.69, 9.17) is 4.74 Å². The Labute approximate surface area is 155 Å². The zero-order valence-corrected chi connectivity index (χ0v) is 15.1. The Morgan fingerprint density at radius 2 is 1.89 bits per heavy atom. The van der Waals surface area contributed by atoms with Crippen LogP contribution in [0.1, 0.15) is 25.7 Å². The number of ether oxygens (including phenoxy) is 1. The molecule has 4 rings (SSSR count). The summed E-state index contributed by atoms with van der Waals surface area (Å²) in [5.74, 6) is -0.00315. The minimum atomic E-state index is -4.19. The Kier molecular flexibility index (Phi) is 4.53. The summed E-state index contributed by atoms with van der Waals surface area (Å²) in [6.07, 6.45) is -2.47. The molecule has 7 nitrogen and oxygen atoms in total. The van der Waals surface area contributed by atoms with E-state index in [1.165, 1.54) is 0 Å². The number of hydrogen-bond acceptors (Lipinski definition) is 4. The molecule has 0 unspecified atom stereocenters. The number of amides is 3. The molecule has 1 saturated carbocycles. The van der Waals surface area contributed by atoms with Crippen molar-refractivity contribution in [2.45, 2.75) is 42.9 Å². The number of carbonyl (C=O) groups is 2. The van der Waals surface area contributed by atoms with E-state index >= 15 is 0 Å². The Hall–Kier alpha value is -1.55. The van der Waals surface area contributed by atoms with Crippen molar-refractivity contribution in [1.82, 2.24) is 20.4 Å². The van der Waals surface area contributed by atoms with Crippen LogP contribution < -0.4 is 10.6 Å². The van der Waals surface area contributed by atoms with Crippen molar-refractivity contribution in [3.8, 4) is 0 Å². The first-order chi connectivity index (χ1) is 12.7. The SMILES string of the molecule is O=C1COCC2(CN(C(=O)N3CCC(CNC4(C(F)(F)F)CC4)CC3)C2)N1. The van der Waals surface area contributed by atoms with Gasteiger partial charge >= 0.3 is 12.2 Å². The molecule has 3 amide bonds. The van der Waals surface area contributed by atoms with E-state index in [1.807, 2.05) is 0 Å². The van der Waals surface area contributed by atoms with Gasteiger partial charge in [-0.05, 0) is 38.1 Å². The molecule has 10 heteroatoms. The number of carbonyl (C=O) groups excluding carboxylic acids is 2. The number of nitrogens with one attached hydrogen (secondary N) is 2. The molecule has 4 fully saturated rings. The molecule has 0 bridgehead atoms. The number of urea groups is 1. The molecule has 3 heterocycles. The molecule has 2 N–H and O–H groups in total. The monoisotopic (exact) mass is 390 g/mol. The van der Waals surface area contributed by atoms with Crippen LogP contribution in [0, 0.1) is 5.92 Å². The third-order valence-corrected chi connectivity index (χ3v) is 6.18. The summed E-state index contributed by atoms with van der Waals surface area (Å²) in [4.78, 5) is 27.5. The minimum absolute atomic E-state index is 0.0624. The molecule has 0 aromatic carbocycles. The van der Waals surface area contributed by atoms with Gasteiger partial charge < -0.3 is 25.2 Å². The summed E-state index contributed by atoms with van der Waals surface area (Å²) >= 11 is 0. The van der Waals surface area contributed by atoms with Gasteiger partial charge in [0.2, 0.25) is 5.91 Å². The maximum atomic E-state index is 13.0. The summed E-state index contributed by atoms with van der Waals surface area (Å²) in [5, 5.41) is 5.62. The van der Waals surface area contributed by atoms with Crippen molar-refractivity contribution >= 4 is 11.9 Å². The van der Waals surface area contributed by atoms with Crippen LogP contribution in [0.25, 0.3) is 0 Å². The van der Waals surface area contributed by atoms with Gasteiger partial charge in [-0.3, -0.25) is 4.79 Å². The van der Waals surface area contributed by atoms with Crippen LogP contribution in [0.15, 0.2) is 0 Å². The topological polar surface area (TPSA) is 73.9 Å². The van der Waals surface area contributed by atoms with Gasteiger partial charge in [0.25, 0.3) is 0 Å². The van der Waals surface area contributed by atoms with E-state index < -0.39 is 17.3 Å². The molecule has 0 atom stereocenters. The zero-order chi connectivity index (χ0) is 19.3. The lowest BCUT2D eigenvalue weighted by molar-refractivity contribution is -0.166. The van der Waals surface area contributed by atoms with Crippen molar-refractivity contribution in [2.24, 2.45) is 5.92 Å². The van der Waals surface area contributed by atoms with Gasteiger partial charge in [-0.15, -0.1) is 0 Å². The smallest absolute Gasteiger partial charge is 0.369 e. The summed E-state index contributed by atoms with van der Waals surface area (Å²) in [5.41, 5.74) is -2.12. The van der Waals surface area contributed by atoms with Crippen LogP contribution >= 0.6 is 0 Å². The van der Waals surface area contributed by atoms with Gasteiger partial charge in [0.15, 0.2) is 0 Å². The minimum Gasteiger partial charge on any atom is -0.369 e. The fourth-order valence-corrected chi connectivity index (χ4v) is 4.25. The van der Waals surface area contributed by atoms with Gasteiger partial charge in [0.1, 0.15) is 12.1 Å². The second kappa shape index (κ2) is 6.51. The highest BCUT2D eigenvalue weighted by atomic mass is 19.4. The van der Waals surface area contributed by atoms with Crippen molar-refractivity contribution in [3.05, 3.63) is 0 Å². The summed E-state index contributed by atoms with van der Waals surface area (Å²) in [6, 6.07) is -0.0687. The highest BCUT2D eigenvalue weighted by Crippen LogP contribution is 2.49. The van der Waals surface area contributed by atoms with E-state index in [9.17, 15) is 22.8 Å². The van der Waals surface area contributed by atoms with Crippen molar-refractivity contribution in [3.63, 3.8) is 0 Å².